The Morgan fingerprint density at radius 3 is 2.48 bits per heavy atom. The molecule has 138 valence electrons. The summed E-state index contributed by atoms with van der Waals surface area (Å²) in [6, 6.07) is 13.1. The summed E-state index contributed by atoms with van der Waals surface area (Å²) in [5.41, 5.74) is 1.79. The predicted molar refractivity (Wildman–Crippen MR) is 113 cm³/mol. The number of hydrogen-bond donors (Lipinski definition) is 0. The van der Waals surface area contributed by atoms with Gasteiger partial charge in [0.1, 0.15) is 10.7 Å². The van der Waals surface area contributed by atoms with Gasteiger partial charge in [0.25, 0.3) is 5.91 Å². The number of likely N-dealkylation sites (N-methyl/N-ethyl adjacent to an activating group) is 1. The lowest BCUT2D eigenvalue weighted by molar-refractivity contribution is -0.121. The molecule has 2 aliphatic rings. The van der Waals surface area contributed by atoms with Crippen LogP contribution in [0.1, 0.15) is 0 Å². The Bertz CT molecular complexity index is 989. The molecular weight excluding hydrogens is 402 g/mol. The van der Waals surface area contributed by atoms with Gasteiger partial charge in [-0.15, -0.1) is 0 Å². The fourth-order valence-electron chi connectivity index (χ4n) is 2.75. The number of benzene rings is 2. The molecule has 2 aromatic rings. The number of hydrogen-bond acceptors (Lipinski definition) is 6. The van der Waals surface area contributed by atoms with Gasteiger partial charge in [0.15, 0.2) is 5.17 Å². The number of thioether (sulfide) groups is 2. The number of rotatable bonds is 2. The van der Waals surface area contributed by atoms with Gasteiger partial charge in [-0.25, -0.2) is 4.99 Å². The Labute approximate surface area is 171 Å². The number of halogens is 1. The van der Waals surface area contributed by atoms with Gasteiger partial charge in [0.05, 0.1) is 23.5 Å². The van der Waals surface area contributed by atoms with Crippen molar-refractivity contribution >= 4 is 57.6 Å². The van der Waals surface area contributed by atoms with Crippen molar-refractivity contribution in [1.82, 2.24) is 4.90 Å². The highest BCUT2D eigenvalue weighted by Crippen LogP contribution is 2.50. The molecule has 5 nitrogen and oxygen atoms in total. The average Bonchev–Trinajstić information content (AvgIpc) is 3.14. The first-order chi connectivity index (χ1) is 13.0. The quantitative estimate of drug-likeness (QED) is 0.646. The third-order valence-corrected chi connectivity index (χ3v) is 7.00. The Kier molecular flexibility index (Phi) is 4.84. The second-order valence-electron chi connectivity index (χ2n) is 5.97. The van der Waals surface area contributed by atoms with Gasteiger partial charge in [0.2, 0.25) is 0 Å². The van der Waals surface area contributed by atoms with Crippen LogP contribution in [0.15, 0.2) is 62.3 Å². The highest BCUT2D eigenvalue weighted by molar-refractivity contribution is 8.19. The van der Waals surface area contributed by atoms with Crippen LogP contribution in [0.3, 0.4) is 0 Å². The monoisotopic (exact) mass is 417 g/mol. The van der Waals surface area contributed by atoms with E-state index in [9.17, 15) is 4.79 Å². The molecule has 1 saturated heterocycles. The summed E-state index contributed by atoms with van der Waals surface area (Å²) in [4.78, 5) is 22.8. The first-order valence-electron chi connectivity index (χ1n) is 8.12. The van der Waals surface area contributed by atoms with Crippen LogP contribution in [0.4, 0.5) is 11.4 Å². The van der Waals surface area contributed by atoms with Crippen molar-refractivity contribution < 1.29 is 9.53 Å². The lowest BCUT2D eigenvalue weighted by atomic mass is 10.3. The van der Waals surface area contributed by atoms with Crippen molar-refractivity contribution in [2.75, 3.05) is 26.1 Å². The van der Waals surface area contributed by atoms with Crippen LogP contribution in [0.5, 0.6) is 5.75 Å². The van der Waals surface area contributed by atoms with Crippen molar-refractivity contribution in [1.29, 1.82) is 0 Å². The zero-order valence-electron chi connectivity index (χ0n) is 14.9. The second-order valence-corrected chi connectivity index (χ2v) is 8.41. The normalized spacial score (nSPS) is 20.6. The van der Waals surface area contributed by atoms with E-state index in [1.165, 1.54) is 11.8 Å². The maximum atomic E-state index is 12.8. The van der Waals surface area contributed by atoms with E-state index in [0.717, 1.165) is 27.0 Å². The molecule has 0 bridgehead atoms. The first-order valence-corrected chi connectivity index (χ1v) is 10.1. The number of amidine groups is 1. The highest BCUT2D eigenvalue weighted by atomic mass is 35.5. The summed E-state index contributed by atoms with van der Waals surface area (Å²) in [7, 11) is 5.35. The Hall–Kier alpha value is -2.09. The molecule has 8 heteroatoms. The van der Waals surface area contributed by atoms with Crippen molar-refractivity contribution in [3.8, 4) is 5.75 Å². The number of carbonyl (C=O) groups is 1. The molecule has 0 unspecified atom stereocenters. The van der Waals surface area contributed by atoms with E-state index in [1.54, 1.807) is 43.0 Å². The highest BCUT2D eigenvalue weighted by Gasteiger charge is 2.37. The number of ether oxygens (including phenoxy) is 1. The Morgan fingerprint density at radius 1 is 1.04 bits per heavy atom. The van der Waals surface area contributed by atoms with Crippen molar-refractivity contribution in [3.05, 3.63) is 57.4 Å². The topological polar surface area (TPSA) is 45.1 Å². The molecule has 2 heterocycles. The molecule has 27 heavy (non-hydrogen) atoms. The lowest BCUT2D eigenvalue weighted by Gasteiger charge is -2.15. The summed E-state index contributed by atoms with van der Waals surface area (Å²) >= 11 is 8.90. The molecular formula is C19H16ClN3O2S2. The number of amides is 1. The van der Waals surface area contributed by atoms with Crippen LogP contribution < -0.4 is 9.64 Å². The van der Waals surface area contributed by atoms with Crippen molar-refractivity contribution in [3.63, 3.8) is 0 Å². The van der Waals surface area contributed by atoms with Gasteiger partial charge in [-0.3, -0.25) is 9.69 Å². The smallest absolute Gasteiger partial charge is 0.269 e. The summed E-state index contributed by atoms with van der Waals surface area (Å²) in [5.74, 6) is 0.738. The number of anilines is 1. The maximum absolute atomic E-state index is 12.8. The minimum absolute atomic E-state index is 0.0539. The van der Waals surface area contributed by atoms with E-state index in [4.69, 9.17) is 16.3 Å². The third-order valence-electron chi connectivity index (χ3n) is 4.26. The van der Waals surface area contributed by atoms with Crippen LogP contribution in [-0.2, 0) is 4.79 Å². The summed E-state index contributed by atoms with van der Waals surface area (Å²) in [6.07, 6.45) is 0. The summed E-state index contributed by atoms with van der Waals surface area (Å²) in [6.45, 7) is 0. The van der Waals surface area contributed by atoms with Crippen LogP contribution in [-0.4, -0.2) is 37.2 Å². The number of fused-ring (bicyclic) bond motifs is 1. The average molecular weight is 418 g/mol. The van der Waals surface area contributed by atoms with E-state index in [-0.39, 0.29) is 5.91 Å². The van der Waals surface area contributed by atoms with Crippen LogP contribution in [0.2, 0.25) is 5.02 Å². The molecule has 1 fully saturated rings. The molecule has 0 spiro atoms. The van der Waals surface area contributed by atoms with E-state index >= 15 is 0 Å². The SMILES string of the molecule is COc1ccc2c(c1)N(C)/C(=C1\SC(=Nc3ccc(Cl)cc3)N(C)C1=O)S2. The van der Waals surface area contributed by atoms with Gasteiger partial charge in [-0.1, -0.05) is 23.4 Å². The van der Waals surface area contributed by atoms with Gasteiger partial charge in [-0.2, -0.15) is 0 Å². The number of nitrogens with zero attached hydrogens (tertiary/aromatic N) is 3. The maximum Gasteiger partial charge on any atom is 0.269 e. The second kappa shape index (κ2) is 7.14. The van der Waals surface area contributed by atoms with Gasteiger partial charge in [0, 0.05) is 30.1 Å². The van der Waals surface area contributed by atoms with Crippen LogP contribution >= 0.6 is 35.1 Å². The standard InChI is InChI=1S/C19H16ClN3O2S2/c1-22-14-10-13(25-3)8-9-15(14)26-18(22)16-17(24)23(2)19(27-16)21-12-6-4-11(20)5-7-12/h4-10H,1-3H3/b18-16+,21-19?. The lowest BCUT2D eigenvalue weighted by Crippen LogP contribution is -2.24. The number of methoxy groups -OCH3 is 1. The molecule has 0 aliphatic carbocycles. The Morgan fingerprint density at radius 2 is 1.78 bits per heavy atom. The molecule has 0 aromatic heterocycles. The van der Waals surface area contributed by atoms with E-state index in [1.807, 2.05) is 42.3 Å². The fourth-order valence-corrected chi connectivity index (χ4v) is 5.19. The van der Waals surface area contributed by atoms with E-state index in [0.29, 0.717) is 15.1 Å². The van der Waals surface area contributed by atoms with Crippen molar-refractivity contribution in [2.24, 2.45) is 4.99 Å². The zero-order valence-corrected chi connectivity index (χ0v) is 17.3. The number of aliphatic imine (C=N–C) groups is 1. The molecule has 1 amide bonds. The molecule has 2 aromatic carbocycles. The first kappa shape index (κ1) is 18.3. The fraction of sp³-hybridized carbons (Fsp3) is 0.158. The van der Waals surface area contributed by atoms with Gasteiger partial charge in [-0.05, 0) is 48.2 Å². The van der Waals surface area contributed by atoms with E-state index in [2.05, 4.69) is 4.99 Å². The summed E-state index contributed by atoms with van der Waals surface area (Å²) < 4.78 is 5.32. The molecule has 0 N–H and O–H groups in total. The minimum atomic E-state index is -0.0539. The predicted octanol–water partition coefficient (Wildman–Crippen LogP) is 4.95. The minimum Gasteiger partial charge on any atom is -0.497 e. The third kappa shape index (κ3) is 3.31. The molecule has 0 radical (unpaired) electrons. The van der Waals surface area contributed by atoms with Crippen LogP contribution in [0.25, 0.3) is 0 Å². The van der Waals surface area contributed by atoms with Crippen LogP contribution in [0, 0.1) is 0 Å². The summed E-state index contributed by atoms with van der Waals surface area (Å²) in [5, 5.41) is 2.20. The molecule has 4 rings (SSSR count). The molecule has 0 atom stereocenters. The van der Waals surface area contributed by atoms with E-state index < -0.39 is 0 Å². The van der Waals surface area contributed by atoms with Gasteiger partial charge < -0.3 is 9.64 Å². The molecule has 2 aliphatic heterocycles. The number of carbonyl (C=O) groups excluding carboxylic acids is 1. The Balaban J connectivity index is 1.68. The molecule has 0 saturated carbocycles. The largest absolute Gasteiger partial charge is 0.497 e. The van der Waals surface area contributed by atoms with Crippen molar-refractivity contribution in [2.45, 2.75) is 4.90 Å². The zero-order chi connectivity index (χ0) is 19.1. The van der Waals surface area contributed by atoms with Gasteiger partial charge >= 0.3 is 0 Å².